The van der Waals surface area contributed by atoms with Crippen LogP contribution in [0.15, 0.2) is 52.3 Å². The number of rotatable bonds is 7. The van der Waals surface area contributed by atoms with Crippen LogP contribution in [0.5, 0.6) is 0 Å². The zero-order valence-corrected chi connectivity index (χ0v) is 19.0. The molecule has 1 fully saturated rings. The Balaban J connectivity index is 1.41. The molecule has 4 nitrogen and oxygen atoms in total. The van der Waals surface area contributed by atoms with Crippen molar-refractivity contribution in [3.8, 4) is 0 Å². The highest BCUT2D eigenvalue weighted by Gasteiger charge is 2.33. The van der Waals surface area contributed by atoms with E-state index >= 15 is 0 Å². The maximum absolute atomic E-state index is 13.4. The van der Waals surface area contributed by atoms with E-state index in [1.807, 2.05) is 36.1 Å². The smallest absolute Gasteiger partial charge is 0.368 e. The number of aliphatic hydroxyl groups is 1. The molecule has 2 aromatic rings. The van der Waals surface area contributed by atoms with Crippen molar-refractivity contribution >= 4 is 23.1 Å². The molecule has 32 heavy (non-hydrogen) atoms. The van der Waals surface area contributed by atoms with Gasteiger partial charge in [0.1, 0.15) is 0 Å². The first kappa shape index (κ1) is 23.4. The molecular weight excluding hydrogens is 437 g/mol. The number of halogens is 3. The second kappa shape index (κ2) is 10.0. The molecule has 1 saturated heterocycles. The Morgan fingerprint density at radius 3 is 2.50 bits per heavy atom. The van der Waals surface area contributed by atoms with Crippen molar-refractivity contribution in [1.82, 2.24) is 4.90 Å². The van der Waals surface area contributed by atoms with Crippen LogP contribution in [0.25, 0.3) is 0 Å². The summed E-state index contributed by atoms with van der Waals surface area (Å²) in [5.74, 6) is 0. The first-order valence-electron chi connectivity index (χ1n) is 11.2. The van der Waals surface area contributed by atoms with Crippen LogP contribution < -0.4 is 4.90 Å². The van der Waals surface area contributed by atoms with Gasteiger partial charge in [0.05, 0.1) is 23.0 Å². The third-order valence-electron chi connectivity index (χ3n) is 6.04. The minimum atomic E-state index is -4.36. The van der Waals surface area contributed by atoms with Gasteiger partial charge in [0.2, 0.25) is 0 Å². The Bertz CT molecular complexity index is 916. The van der Waals surface area contributed by atoms with E-state index in [4.69, 9.17) is 4.74 Å². The first-order chi connectivity index (χ1) is 15.3. The summed E-state index contributed by atoms with van der Waals surface area (Å²) in [5, 5.41) is 9.68. The topological polar surface area (TPSA) is 35.9 Å². The van der Waals surface area contributed by atoms with Crippen LogP contribution in [-0.2, 0) is 10.9 Å². The number of anilines is 2. The lowest BCUT2D eigenvalue weighted by Gasteiger charge is -2.35. The molecule has 8 heteroatoms. The summed E-state index contributed by atoms with van der Waals surface area (Å²) in [6, 6.07) is 11.9. The molecule has 1 unspecified atom stereocenters. The normalized spacial score (nSPS) is 18.3. The SMILES string of the molecule is CCC(O)OC1CCN(CCCN2c3ccccc3Sc3ccc(C(F)(F)F)cc32)CC1. The highest BCUT2D eigenvalue weighted by atomic mass is 32.2. The average Bonchev–Trinajstić information content (AvgIpc) is 2.78. The number of piperidine rings is 1. The third-order valence-corrected chi connectivity index (χ3v) is 7.17. The quantitative estimate of drug-likeness (QED) is 0.514. The molecule has 0 spiro atoms. The van der Waals surface area contributed by atoms with Crippen molar-refractivity contribution in [3.05, 3.63) is 48.0 Å². The van der Waals surface area contributed by atoms with Gasteiger partial charge in [-0.3, -0.25) is 0 Å². The fourth-order valence-corrected chi connectivity index (χ4v) is 5.36. The molecule has 174 valence electrons. The Kier molecular flexibility index (Phi) is 7.34. The van der Waals surface area contributed by atoms with Crippen LogP contribution in [0.1, 0.15) is 38.2 Å². The Hall–Kier alpha value is -1.74. The summed E-state index contributed by atoms with van der Waals surface area (Å²) in [7, 11) is 0. The number of fused-ring (bicyclic) bond motifs is 2. The second-order valence-corrected chi connectivity index (χ2v) is 9.38. The second-order valence-electron chi connectivity index (χ2n) is 8.30. The Morgan fingerprint density at radius 1 is 1.06 bits per heavy atom. The van der Waals surface area contributed by atoms with Crippen LogP contribution in [0.2, 0.25) is 0 Å². The van der Waals surface area contributed by atoms with Gasteiger partial charge in [0, 0.05) is 29.4 Å². The zero-order chi connectivity index (χ0) is 22.7. The fraction of sp³-hybridized carbons (Fsp3) is 0.500. The largest absolute Gasteiger partial charge is 0.416 e. The first-order valence-corrected chi connectivity index (χ1v) is 12.0. The van der Waals surface area contributed by atoms with Gasteiger partial charge in [-0.15, -0.1) is 0 Å². The van der Waals surface area contributed by atoms with E-state index < -0.39 is 18.0 Å². The van der Waals surface area contributed by atoms with Crippen molar-refractivity contribution in [3.63, 3.8) is 0 Å². The minimum Gasteiger partial charge on any atom is -0.368 e. The number of hydrogen-bond donors (Lipinski definition) is 1. The van der Waals surface area contributed by atoms with Gasteiger partial charge in [-0.25, -0.2) is 0 Å². The molecule has 1 atom stereocenters. The predicted octanol–water partition coefficient (Wildman–Crippen LogP) is 5.91. The van der Waals surface area contributed by atoms with E-state index in [1.165, 1.54) is 23.9 Å². The van der Waals surface area contributed by atoms with E-state index in [2.05, 4.69) is 4.90 Å². The van der Waals surface area contributed by atoms with Gasteiger partial charge in [0.15, 0.2) is 6.29 Å². The van der Waals surface area contributed by atoms with Crippen LogP contribution >= 0.6 is 11.8 Å². The van der Waals surface area contributed by atoms with Gasteiger partial charge < -0.3 is 19.6 Å². The molecule has 0 bridgehead atoms. The Labute approximate surface area is 191 Å². The molecule has 0 amide bonds. The molecule has 2 aromatic carbocycles. The van der Waals surface area contributed by atoms with Gasteiger partial charge in [-0.1, -0.05) is 30.8 Å². The van der Waals surface area contributed by atoms with Crippen molar-refractivity contribution < 1.29 is 23.0 Å². The molecule has 2 heterocycles. The molecule has 2 aliphatic heterocycles. The van der Waals surface area contributed by atoms with Gasteiger partial charge in [-0.05, 0) is 62.6 Å². The fourth-order valence-electron chi connectivity index (χ4n) is 4.29. The number of aliphatic hydroxyl groups excluding tert-OH is 1. The van der Waals surface area contributed by atoms with Crippen LogP contribution in [0.3, 0.4) is 0 Å². The van der Waals surface area contributed by atoms with E-state index in [9.17, 15) is 18.3 Å². The zero-order valence-electron chi connectivity index (χ0n) is 18.1. The predicted molar refractivity (Wildman–Crippen MR) is 120 cm³/mol. The van der Waals surface area contributed by atoms with Crippen molar-refractivity contribution in [2.24, 2.45) is 0 Å². The Morgan fingerprint density at radius 2 is 1.78 bits per heavy atom. The molecule has 2 aliphatic rings. The summed E-state index contributed by atoms with van der Waals surface area (Å²) >= 11 is 1.52. The van der Waals surface area contributed by atoms with E-state index in [0.717, 1.165) is 54.4 Å². The summed E-state index contributed by atoms with van der Waals surface area (Å²) in [5.41, 5.74) is 0.978. The average molecular weight is 467 g/mol. The lowest BCUT2D eigenvalue weighted by atomic mass is 10.1. The standard InChI is InChI=1S/C24H29F3N2O2S/c1-2-23(30)31-18-10-14-28(15-11-18)12-5-13-29-19-6-3-4-7-21(19)32-22-9-8-17(16-20(22)29)24(25,26)27/h3-4,6-9,16,18,23,30H,2,5,10-15H2,1H3. The van der Waals surface area contributed by atoms with Crippen molar-refractivity contribution in [2.45, 2.75) is 61.0 Å². The molecule has 0 radical (unpaired) electrons. The number of benzene rings is 2. The van der Waals surface area contributed by atoms with Crippen LogP contribution in [0, 0.1) is 0 Å². The summed E-state index contributed by atoms with van der Waals surface area (Å²) in [6.07, 6.45) is -1.74. The van der Waals surface area contributed by atoms with Crippen LogP contribution in [0.4, 0.5) is 24.5 Å². The number of alkyl halides is 3. The van der Waals surface area contributed by atoms with Crippen molar-refractivity contribution in [1.29, 1.82) is 0 Å². The summed E-state index contributed by atoms with van der Waals surface area (Å²) < 4.78 is 45.7. The highest BCUT2D eigenvalue weighted by molar-refractivity contribution is 7.99. The maximum atomic E-state index is 13.4. The van der Waals surface area contributed by atoms with Crippen molar-refractivity contribution in [2.75, 3.05) is 31.1 Å². The van der Waals surface area contributed by atoms with Gasteiger partial charge in [0.25, 0.3) is 0 Å². The van der Waals surface area contributed by atoms with E-state index in [0.29, 0.717) is 18.7 Å². The van der Waals surface area contributed by atoms with Gasteiger partial charge in [-0.2, -0.15) is 13.2 Å². The molecule has 4 rings (SSSR count). The number of ether oxygens (including phenoxy) is 1. The van der Waals surface area contributed by atoms with Gasteiger partial charge >= 0.3 is 6.18 Å². The highest BCUT2D eigenvalue weighted by Crippen LogP contribution is 2.49. The molecule has 0 saturated carbocycles. The number of nitrogens with zero attached hydrogens (tertiary/aromatic N) is 2. The summed E-state index contributed by atoms with van der Waals surface area (Å²) in [6.45, 7) is 5.23. The monoisotopic (exact) mass is 466 g/mol. The molecular formula is C24H29F3N2O2S. The van der Waals surface area contributed by atoms with E-state index in [1.54, 1.807) is 6.07 Å². The number of hydrogen-bond acceptors (Lipinski definition) is 5. The summed E-state index contributed by atoms with van der Waals surface area (Å²) in [4.78, 5) is 6.32. The number of para-hydroxylation sites is 1. The minimum absolute atomic E-state index is 0.0971. The number of likely N-dealkylation sites (tertiary alicyclic amines) is 1. The molecule has 0 aliphatic carbocycles. The lowest BCUT2D eigenvalue weighted by Crippen LogP contribution is -2.39. The van der Waals surface area contributed by atoms with Crippen LogP contribution in [-0.4, -0.2) is 48.6 Å². The maximum Gasteiger partial charge on any atom is 0.416 e. The van der Waals surface area contributed by atoms with E-state index in [-0.39, 0.29) is 6.10 Å². The lowest BCUT2D eigenvalue weighted by molar-refractivity contribution is -0.148. The molecule has 0 aromatic heterocycles. The molecule has 1 N–H and O–H groups in total. The third kappa shape index (κ3) is 5.42.